The quantitative estimate of drug-likeness (QED) is 0.0707. The van der Waals surface area contributed by atoms with E-state index in [0.717, 1.165) is 82.5 Å². The number of nitrogens with zero attached hydrogens (tertiary/aromatic N) is 4. The number of aromatic nitrogens is 2. The van der Waals surface area contributed by atoms with Gasteiger partial charge in [-0.15, -0.1) is 11.3 Å². The Kier molecular flexibility index (Phi) is 14.8. The molecule has 0 bridgehead atoms. The molecule has 10 rings (SSSR count). The van der Waals surface area contributed by atoms with E-state index in [1.807, 2.05) is 24.3 Å². The van der Waals surface area contributed by atoms with Crippen molar-refractivity contribution < 1.29 is 40.2 Å². The Hall–Kier alpha value is -5.24. The summed E-state index contributed by atoms with van der Waals surface area (Å²) in [5.74, 6) is -0.319. The van der Waals surface area contributed by atoms with Gasteiger partial charge in [0.25, 0.3) is 25.2 Å². The van der Waals surface area contributed by atoms with Gasteiger partial charge in [-0.05, 0) is 105 Å². The van der Waals surface area contributed by atoms with Crippen LogP contribution in [0.5, 0.6) is 5.75 Å². The minimum Gasteiger partial charge on any atom is -0.508 e. The van der Waals surface area contributed by atoms with Crippen molar-refractivity contribution in [2.24, 2.45) is 0 Å². The molecule has 2 aliphatic heterocycles. The number of thiophene rings is 1. The van der Waals surface area contributed by atoms with E-state index in [-0.39, 0.29) is 24.3 Å². The van der Waals surface area contributed by atoms with E-state index < -0.39 is 20.2 Å². The van der Waals surface area contributed by atoms with E-state index in [2.05, 4.69) is 143 Å². The highest BCUT2D eigenvalue weighted by atomic mass is 32.2. The van der Waals surface area contributed by atoms with Gasteiger partial charge < -0.3 is 14.9 Å². The minimum atomic E-state index is -4.09. The molecule has 0 atom stereocenters. The van der Waals surface area contributed by atoms with E-state index in [1.165, 1.54) is 32.1 Å². The summed E-state index contributed by atoms with van der Waals surface area (Å²) in [5.41, 5.74) is 7.97. The molecule has 11 nitrogen and oxygen atoms in total. The molecule has 3 N–H and O–H groups in total. The second-order valence-corrected chi connectivity index (χ2v) is 24.4. The van der Waals surface area contributed by atoms with Gasteiger partial charge in [-0.25, -0.2) is 0 Å². The van der Waals surface area contributed by atoms with Crippen molar-refractivity contribution in [3.05, 3.63) is 146 Å². The van der Waals surface area contributed by atoms with Crippen LogP contribution in [0.1, 0.15) is 56.3 Å². The smallest absolute Gasteiger partial charge is 0.265 e. The van der Waals surface area contributed by atoms with Crippen molar-refractivity contribution in [2.45, 2.75) is 69.8 Å². The van der Waals surface area contributed by atoms with Gasteiger partial charge in [-0.1, -0.05) is 83.7 Å². The summed E-state index contributed by atoms with van der Waals surface area (Å²) in [6.07, 6.45) is 7.81. The van der Waals surface area contributed by atoms with Crippen LogP contribution < -0.4 is 18.9 Å². The van der Waals surface area contributed by atoms with Crippen molar-refractivity contribution in [1.29, 1.82) is 0 Å². The summed E-state index contributed by atoms with van der Waals surface area (Å²) >= 11 is 6.70. The second kappa shape index (κ2) is 20.8. The topological polar surface area (TPSA) is 143 Å². The van der Waals surface area contributed by atoms with Crippen LogP contribution in [0.15, 0.2) is 140 Å². The Morgan fingerprint density at radius 2 is 1.47 bits per heavy atom. The number of phenols is 1. The fraction of sp³-hybridized carbons (Fsp3) is 0.245. The zero-order valence-electron chi connectivity index (χ0n) is 39.2. The normalized spacial score (nSPS) is 15.2. The third-order valence-corrected chi connectivity index (χ3v) is 18.2. The average Bonchev–Trinajstić information content (AvgIpc) is 4.11. The number of fused-ring (bicyclic) bond motifs is 8. The number of thiazole rings is 1. The predicted octanol–water partition coefficient (Wildman–Crippen LogP) is 12.5. The zero-order chi connectivity index (χ0) is 49.3. The van der Waals surface area contributed by atoms with Gasteiger partial charge in [0.2, 0.25) is 16.7 Å². The summed E-state index contributed by atoms with van der Waals surface area (Å²) in [4.78, 5) is 6.69. The predicted molar refractivity (Wildman–Crippen MR) is 292 cm³/mol. The van der Waals surface area contributed by atoms with Crippen LogP contribution in [-0.4, -0.2) is 55.6 Å². The van der Waals surface area contributed by atoms with Crippen LogP contribution in [0, 0.1) is 6.92 Å². The molecule has 8 aromatic rings. The largest absolute Gasteiger partial charge is 0.508 e. The van der Waals surface area contributed by atoms with Gasteiger partial charge in [-0.3, -0.25) is 9.11 Å². The first-order valence-corrected chi connectivity index (χ1v) is 29.7. The summed E-state index contributed by atoms with van der Waals surface area (Å²) < 4.78 is 71.6. The zero-order valence-corrected chi connectivity index (χ0v) is 44.1. The molecule has 0 saturated carbocycles. The van der Waals surface area contributed by atoms with Crippen LogP contribution in [0.4, 0.5) is 11.4 Å². The van der Waals surface area contributed by atoms with Crippen LogP contribution in [0.3, 0.4) is 0 Å². The number of aromatic hydroxyl groups is 1. The molecule has 0 unspecified atom stereocenters. The first-order chi connectivity index (χ1) is 33.6. The Balaban J connectivity index is 0.000000198. The van der Waals surface area contributed by atoms with Crippen LogP contribution in [0.25, 0.3) is 54.1 Å². The van der Waals surface area contributed by atoms with Gasteiger partial charge in [0.1, 0.15) is 17.0 Å². The number of phenolic OH excluding ortho intramolecular Hbond substituents is 1. The van der Waals surface area contributed by atoms with Gasteiger partial charge in [0.15, 0.2) is 6.54 Å². The Bertz CT molecular complexity index is 3640. The fourth-order valence-corrected chi connectivity index (χ4v) is 14.4. The van der Waals surface area contributed by atoms with Crippen LogP contribution in [-0.2, 0) is 33.3 Å². The molecule has 2 aliphatic rings. The third kappa shape index (κ3) is 10.8. The highest BCUT2D eigenvalue weighted by Crippen LogP contribution is 2.50. The number of hydrogen-bond donors (Lipinski definition) is 3. The summed E-state index contributed by atoms with van der Waals surface area (Å²) in [7, 11) is -8.16. The molecule has 362 valence electrons. The first kappa shape index (κ1) is 49.7. The second-order valence-electron chi connectivity index (χ2n) is 17.1. The molecule has 0 fully saturated rings. The number of rotatable bonds is 14. The lowest BCUT2D eigenvalue weighted by Crippen LogP contribution is -2.37. The molecule has 0 radical (unpaired) electrons. The van der Waals surface area contributed by atoms with Gasteiger partial charge in [0.05, 0.1) is 38.3 Å². The lowest BCUT2D eigenvalue weighted by Gasteiger charge is -2.22. The number of hydrogen-bond acceptors (Lipinski definition) is 11. The lowest BCUT2D eigenvalue weighted by molar-refractivity contribution is -0.669. The Morgan fingerprint density at radius 3 is 2.24 bits per heavy atom. The standard InChI is InChI=1S/C31H30N2O6S5.C22H22N2OS/c1-2-21(20-29-33(15-6-18-44(37,38)39)31-24-13-16-40-25(24)11-12-27(31)42-29)19-28-32(14-5-17-43(34,35)36)30-23-8-4-3-7-22(23)9-10-26(30)41-28;1-4-23-17(8-7-16-12-15(3)6-10-19(16)23)13-22-24(5-2)20-14-18(25)9-11-21(20)26-22/h3-4,7-13,16,19-20H,2,5-6,14-15,17-18H2,1H3,(H-,34,35,36,37,38,39);6-14H,4-5H2,1-3H3/p+2. The van der Waals surface area contributed by atoms with Crippen LogP contribution >= 0.6 is 46.2 Å². The van der Waals surface area contributed by atoms with E-state index in [0.29, 0.717) is 18.8 Å². The van der Waals surface area contributed by atoms with Crippen LogP contribution in [0.2, 0.25) is 0 Å². The highest BCUT2D eigenvalue weighted by molar-refractivity contribution is 8.04. The molecule has 70 heavy (non-hydrogen) atoms. The van der Waals surface area contributed by atoms with Gasteiger partial charge in [-0.2, -0.15) is 26.0 Å². The third-order valence-electron chi connectivity index (χ3n) is 12.4. The average molecular weight is 1050 g/mol. The molecule has 3 aromatic heterocycles. The molecule has 0 saturated heterocycles. The van der Waals surface area contributed by atoms with Crippen molar-refractivity contribution in [3.8, 4) is 5.75 Å². The number of thioether (sulfide) groups is 2. The summed E-state index contributed by atoms with van der Waals surface area (Å²) in [6, 6.07) is 35.2. The number of allylic oxidation sites excluding steroid dienone is 2. The SMILES string of the molecule is CCC(/C=C1\Sc2ccc3ccccc3c2N1CCCS(=O)(=O)O)=C\c1sc2ccc3sccc3c2[n+]1CCCS(=O)(=O)O.CCN1/C(=C\c2ccc3cc(C)ccc3[n+]2CC)Sc2ccc(O)cc21. The maximum absolute atomic E-state index is 11.5. The highest BCUT2D eigenvalue weighted by Gasteiger charge is 2.29. The molecule has 17 heteroatoms. The van der Waals surface area contributed by atoms with Gasteiger partial charge >= 0.3 is 0 Å². The molecule has 0 amide bonds. The fourth-order valence-electron chi connectivity index (χ4n) is 9.14. The number of anilines is 2. The van der Waals surface area contributed by atoms with Crippen molar-refractivity contribution in [2.75, 3.05) is 34.4 Å². The van der Waals surface area contributed by atoms with E-state index in [1.54, 1.807) is 52.3 Å². The molecule has 5 heterocycles. The molecule has 5 aromatic carbocycles. The molecular formula is C53H54N4O7S6+2. The number of pyridine rings is 1. The number of aryl methyl sites for hydroxylation is 3. The Morgan fingerprint density at radius 1 is 0.729 bits per heavy atom. The van der Waals surface area contributed by atoms with Crippen molar-refractivity contribution >= 4 is 132 Å². The van der Waals surface area contributed by atoms with Gasteiger partial charge in [0, 0.05) is 75.1 Å². The Labute approximate surface area is 425 Å². The monoisotopic (exact) mass is 1050 g/mol. The molecular weight excluding hydrogens is 997 g/mol. The lowest BCUT2D eigenvalue weighted by atomic mass is 10.1. The van der Waals surface area contributed by atoms with Crippen molar-refractivity contribution in [1.82, 2.24) is 0 Å². The van der Waals surface area contributed by atoms with Crippen molar-refractivity contribution in [3.63, 3.8) is 0 Å². The van der Waals surface area contributed by atoms with E-state index in [9.17, 15) is 31.0 Å². The molecule has 0 aliphatic carbocycles. The van der Waals surface area contributed by atoms with E-state index in [4.69, 9.17) is 0 Å². The summed E-state index contributed by atoms with van der Waals surface area (Å²) in [5, 5.41) is 19.6. The maximum Gasteiger partial charge on any atom is 0.265 e. The maximum atomic E-state index is 11.5. The first-order valence-electron chi connectivity index (χ1n) is 23.2. The number of benzene rings is 5. The van der Waals surface area contributed by atoms with E-state index >= 15 is 0 Å². The summed E-state index contributed by atoms with van der Waals surface area (Å²) in [6.45, 7) is 11.2. The minimum absolute atomic E-state index is 0.269. The molecule has 0 spiro atoms.